The van der Waals surface area contributed by atoms with Gasteiger partial charge < -0.3 is 19.6 Å². The normalized spacial score (nSPS) is 10.7. The van der Waals surface area contributed by atoms with Crippen molar-refractivity contribution < 1.29 is 19.1 Å². The van der Waals surface area contributed by atoms with Gasteiger partial charge in [0.1, 0.15) is 17.0 Å². The maximum Gasteiger partial charge on any atom is 0.261 e. The smallest absolute Gasteiger partial charge is 0.261 e. The molecule has 0 fully saturated rings. The molecule has 0 atom stereocenters. The van der Waals surface area contributed by atoms with Crippen molar-refractivity contribution in [2.75, 3.05) is 12.4 Å². The number of carbonyl (C=O) groups excluding carboxylic acids is 1. The van der Waals surface area contributed by atoms with E-state index in [2.05, 4.69) is 31.5 Å². The van der Waals surface area contributed by atoms with E-state index in [4.69, 9.17) is 33.0 Å². The van der Waals surface area contributed by atoms with Gasteiger partial charge in [-0.3, -0.25) is 10.1 Å². The Bertz CT molecular complexity index is 1360. The van der Waals surface area contributed by atoms with E-state index in [9.17, 15) is 9.90 Å². The highest BCUT2D eigenvalue weighted by molar-refractivity contribution is 9.10. The quantitative estimate of drug-likeness (QED) is 0.288. The number of amides is 1. The maximum absolute atomic E-state index is 12.6. The topological polar surface area (TPSA) is 96.6 Å². The first-order chi connectivity index (χ1) is 15.3. The van der Waals surface area contributed by atoms with E-state index in [0.717, 1.165) is 0 Å². The van der Waals surface area contributed by atoms with Crippen molar-refractivity contribution in [3.05, 3.63) is 69.7 Å². The first-order valence-corrected chi connectivity index (χ1v) is 10.8. The van der Waals surface area contributed by atoms with E-state index >= 15 is 0 Å². The lowest BCUT2D eigenvalue weighted by Gasteiger charge is -2.12. The number of thiocarbonyl (C=S) groups is 1. The van der Waals surface area contributed by atoms with Crippen LogP contribution in [0.2, 0.25) is 5.02 Å². The molecule has 3 aromatic carbocycles. The van der Waals surface area contributed by atoms with Crippen LogP contribution >= 0.6 is 39.7 Å². The Labute approximate surface area is 201 Å². The van der Waals surface area contributed by atoms with Gasteiger partial charge in [0.25, 0.3) is 5.91 Å². The fourth-order valence-corrected chi connectivity index (χ4v) is 3.72. The summed E-state index contributed by atoms with van der Waals surface area (Å²) in [6, 6.07) is 15.0. The summed E-state index contributed by atoms with van der Waals surface area (Å²) >= 11 is 14.5. The van der Waals surface area contributed by atoms with Crippen molar-refractivity contribution in [3.63, 3.8) is 0 Å². The highest BCUT2D eigenvalue weighted by Crippen LogP contribution is 2.31. The summed E-state index contributed by atoms with van der Waals surface area (Å²) in [5.74, 6) is 0.459. The van der Waals surface area contributed by atoms with Crippen LogP contribution in [0.15, 0.2) is 63.5 Å². The van der Waals surface area contributed by atoms with Crippen LogP contribution in [0.5, 0.6) is 11.5 Å². The molecule has 0 bridgehead atoms. The first-order valence-electron chi connectivity index (χ1n) is 9.19. The molecule has 1 heterocycles. The molecule has 0 aliphatic rings. The molecule has 1 amide bonds. The second kappa shape index (κ2) is 9.15. The molecule has 0 saturated heterocycles. The summed E-state index contributed by atoms with van der Waals surface area (Å²) in [6.45, 7) is 0. The minimum Gasteiger partial charge on any atom is -0.507 e. The Hall–Kier alpha value is -3.14. The Morgan fingerprint density at radius 1 is 1.19 bits per heavy atom. The van der Waals surface area contributed by atoms with Crippen LogP contribution in [-0.2, 0) is 0 Å². The highest BCUT2D eigenvalue weighted by Gasteiger charge is 2.15. The number of hydrogen-bond donors (Lipinski definition) is 3. The third-order valence-electron chi connectivity index (χ3n) is 4.47. The molecule has 0 radical (unpaired) electrons. The molecule has 0 aliphatic carbocycles. The van der Waals surface area contributed by atoms with Gasteiger partial charge in [-0.25, -0.2) is 4.98 Å². The van der Waals surface area contributed by atoms with E-state index in [1.165, 1.54) is 13.2 Å². The number of phenolic OH excluding ortho intramolecular Hbond substituents is 1. The highest BCUT2D eigenvalue weighted by atomic mass is 79.9. The fourth-order valence-electron chi connectivity index (χ4n) is 2.96. The second-order valence-electron chi connectivity index (χ2n) is 6.62. The summed E-state index contributed by atoms with van der Waals surface area (Å²) in [6.07, 6.45) is 0. The number of benzene rings is 3. The number of carbonyl (C=O) groups is 1. The first kappa shape index (κ1) is 22.1. The second-order valence-corrected chi connectivity index (χ2v) is 8.32. The predicted octanol–water partition coefficient (Wildman–Crippen LogP) is 5.75. The fraction of sp³-hybridized carbons (Fsp3) is 0.0455. The van der Waals surface area contributed by atoms with Gasteiger partial charge in [-0.15, -0.1) is 0 Å². The van der Waals surface area contributed by atoms with Crippen molar-refractivity contribution in [3.8, 4) is 23.0 Å². The molecule has 4 aromatic rings. The van der Waals surface area contributed by atoms with Crippen LogP contribution in [0.25, 0.3) is 22.6 Å². The number of aromatic hydroxyl groups is 1. The van der Waals surface area contributed by atoms with Gasteiger partial charge in [-0.2, -0.15) is 0 Å². The molecule has 7 nitrogen and oxygen atoms in total. The predicted molar refractivity (Wildman–Crippen MR) is 131 cm³/mol. The third kappa shape index (κ3) is 4.69. The van der Waals surface area contributed by atoms with Gasteiger partial charge >= 0.3 is 0 Å². The lowest BCUT2D eigenvalue weighted by molar-refractivity contribution is 0.0974. The summed E-state index contributed by atoms with van der Waals surface area (Å²) in [5, 5.41) is 15.7. The van der Waals surface area contributed by atoms with E-state index in [-0.39, 0.29) is 16.4 Å². The molecular formula is C22H15BrClN3O4S. The number of rotatable bonds is 4. The minimum atomic E-state index is -0.454. The number of anilines is 1. The molecular weight excluding hydrogens is 518 g/mol. The van der Waals surface area contributed by atoms with E-state index < -0.39 is 5.91 Å². The van der Waals surface area contributed by atoms with Crippen molar-refractivity contribution in [1.82, 2.24) is 10.3 Å². The monoisotopic (exact) mass is 531 g/mol. The summed E-state index contributed by atoms with van der Waals surface area (Å²) < 4.78 is 11.5. The number of aromatic nitrogens is 1. The Morgan fingerprint density at radius 3 is 2.75 bits per heavy atom. The zero-order chi connectivity index (χ0) is 22.8. The van der Waals surface area contributed by atoms with E-state index in [1.54, 1.807) is 48.5 Å². The van der Waals surface area contributed by atoms with Gasteiger partial charge in [0, 0.05) is 16.3 Å². The number of fused-ring (bicyclic) bond motifs is 1. The van der Waals surface area contributed by atoms with Crippen molar-refractivity contribution in [2.45, 2.75) is 0 Å². The van der Waals surface area contributed by atoms with Gasteiger partial charge in [0.05, 0.1) is 17.1 Å². The van der Waals surface area contributed by atoms with Crippen molar-refractivity contribution >= 4 is 67.6 Å². The van der Waals surface area contributed by atoms with Crippen molar-refractivity contribution in [2.24, 2.45) is 0 Å². The summed E-state index contributed by atoms with van der Waals surface area (Å²) in [7, 11) is 1.47. The van der Waals surface area contributed by atoms with Crippen LogP contribution < -0.4 is 15.4 Å². The average molecular weight is 533 g/mol. The van der Waals surface area contributed by atoms with Gasteiger partial charge in [-0.05, 0) is 82.7 Å². The molecule has 0 unspecified atom stereocenters. The Morgan fingerprint density at radius 2 is 2.00 bits per heavy atom. The van der Waals surface area contributed by atoms with Crippen LogP contribution in [0.3, 0.4) is 0 Å². The lowest BCUT2D eigenvalue weighted by Crippen LogP contribution is -2.34. The zero-order valence-electron chi connectivity index (χ0n) is 16.5. The van der Waals surface area contributed by atoms with Crippen LogP contribution in [-0.4, -0.2) is 28.2 Å². The molecule has 10 heteroatoms. The largest absolute Gasteiger partial charge is 0.507 e. The Kier molecular flexibility index (Phi) is 6.31. The van der Waals surface area contributed by atoms with Crippen LogP contribution in [0.1, 0.15) is 10.4 Å². The van der Waals surface area contributed by atoms with Gasteiger partial charge in [0.2, 0.25) is 5.89 Å². The SMILES string of the molecule is COc1ccc(Cl)cc1C(=O)NC(=S)Nc1ccc2oc(-c3ccc(O)c(Br)c3)nc2c1. The zero-order valence-corrected chi connectivity index (χ0v) is 19.6. The molecule has 0 aliphatic heterocycles. The minimum absolute atomic E-state index is 0.0996. The molecule has 162 valence electrons. The number of ether oxygens (including phenoxy) is 1. The van der Waals surface area contributed by atoms with Gasteiger partial charge in [-0.1, -0.05) is 11.6 Å². The summed E-state index contributed by atoms with van der Waals surface area (Å²) in [4.78, 5) is 17.1. The maximum atomic E-state index is 12.6. The number of halogens is 2. The molecule has 0 saturated carbocycles. The number of oxazole rings is 1. The third-order valence-corrected chi connectivity index (χ3v) is 5.55. The van der Waals surface area contributed by atoms with Crippen molar-refractivity contribution in [1.29, 1.82) is 0 Å². The number of methoxy groups -OCH3 is 1. The number of hydrogen-bond acceptors (Lipinski definition) is 6. The van der Waals surface area contributed by atoms with E-state index in [1.807, 2.05) is 0 Å². The van der Waals surface area contributed by atoms with E-state index in [0.29, 0.717) is 43.5 Å². The number of phenols is 1. The van der Waals surface area contributed by atoms with Crippen LogP contribution in [0, 0.1) is 0 Å². The number of nitrogens with zero attached hydrogens (tertiary/aromatic N) is 1. The standard InChI is InChI=1S/C22H15BrClN3O4S/c1-30-18-6-3-12(24)9-14(18)20(29)27-22(32)25-13-4-7-19-16(10-13)26-21(31-19)11-2-5-17(28)15(23)8-11/h2-10,28H,1H3,(H2,25,27,29,32). The molecule has 4 rings (SSSR count). The lowest BCUT2D eigenvalue weighted by atomic mass is 10.2. The molecule has 32 heavy (non-hydrogen) atoms. The van der Waals surface area contributed by atoms with Gasteiger partial charge in [0.15, 0.2) is 10.7 Å². The average Bonchev–Trinajstić information content (AvgIpc) is 3.19. The van der Waals surface area contributed by atoms with Crippen LogP contribution in [0.4, 0.5) is 5.69 Å². The summed E-state index contributed by atoms with van der Waals surface area (Å²) in [5.41, 5.74) is 2.76. The number of nitrogens with one attached hydrogen (secondary N) is 2. The Balaban J connectivity index is 1.50. The molecule has 0 spiro atoms. The molecule has 1 aromatic heterocycles. The molecule has 3 N–H and O–H groups in total.